The zero-order valence-electron chi connectivity index (χ0n) is 7.18. The maximum atomic E-state index is 5.17. The molecule has 1 fully saturated rings. The van der Waals surface area contributed by atoms with Crippen molar-refractivity contribution in [1.82, 2.24) is 15.2 Å². The van der Waals surface area contributed by atoms with Gasteiger partial charge in [-0.1, -0.05) is 5.22 Å². The molecule has 2 heterocycles. The van der Waals surface area contributed by atoms with E-state index in [1.807, 2.05) is 5.01 Å². The van der Waals surface area contributed by atoms with Gasteiger partial charge in [-0.25, -0.2) is 0 Å². The molecule has 0 aliphatic carbocycles. The first kappa shape index (κ1) is 8.18. The van der Waals surface area contributed by atoms with E-state index in [-0.39, 0.29) is 0 Å². The van der Waals surface area contributed by atoms with Gasteiger partial charge in [0, 0.05) is 6.07 Å². The van der Waals surface area contributed by atoms with E-state index in [1.54, 1.807) is 12.3 Å². The number of rotatable bonds is 2. The van der Waals surface area contributed by atoms with Gasteiger partial charge in [-0.2, -0.15) is 5.10 Å². The molecule has 1 aromatic rings. The molecule has 0 saturated carbocycles. The van der Waals surface area contributed by atoms with Crippen LogP contribution in [0, 0.1) is 0 Å². The van der Waals surface area contributed by atoms with E-state index in [2.05, 4.69) is 20.5 Å². The van der Waals surface area contributed by atoms with Crippen LogP contribution in [0.3, 0.4) is 0 Å². The highest BCUT2D eigenvalue weighted by Crippen LogP contribution is 2.06. The Hall–Kier alpha value is -1.43. The SMILES string of the molecule is c1cc(N=NN2CCOCC2)[nH]n1. The normalized spacial score (nSPS) is 18.3. The number of aromatic amines is 1. The molecule has 0 amide bonds. The summed E-state index contributed by atoms with van der Waals surface area (Å²) in [5, 5.41) is 16.4. The largest absolute Gasteiger partial charge is 0.378 e. The highest BCUT2D eigenvalue weighted by Gasteiger charge is 2.06. The highest BCUT2D eigenvalue weighted by molar-refractivity contribution is 5.20. The molecule has 0 atom stereocenters. The predicted octanol–water partition coefficient (Wildman–Crippen LogP) is 0.741. The van der Waals surface area contributed by atoms with Crippen LogP contribution < -0.4 is 0 Å². The molecule has 0 bridgehead atoms. The van der Waals surface area contributed by atoms with Gasteiger partial charge in [-0.3, -0.25) is 10.1 Å². The Morgan fingerprint density at radius 1 is 1.46 bits per heavy atom. The minimum absolute atomic E-state index is 0.673. The Kier molecular flexibility index (Phi) is 2.51. The van der Waals surface area contributed by atoms with Crippen molar-refractivity contribution in [2.45, 2.75) is 0 Å². The standard InChI is InChI=1S/C7H11N5O/c1-2-8-9-7(1)10-11-12-3-5-13-6-4-12/h1-2H,3-6H2,(H,8,9). The number of hydrogen-bond acceptors (Lipinski definition) is 4. The Balaban J connectivity index is 1.89. The van der Waals surface area contributed by atoms with Crippen molar-refractivity contribution in [2.24, 2.45) is 10.3 Å². The van der Waals surface area contributed by atoms with Crippen molar-refractivity contribution in [3.05, 3.63) is 12.3 Å². The van der Waals surface area contributed by atoms with Crippen molar-refractivity contribution in [3.8, 4) is 0 Å². The second-order valence-corrected chi connectivity index (χ2v) is 2.70. The van der Waals surface area contributed by atoms with Crippen molar-refractivity contribution < 1.29 is 4.74 Å². The summed E-state index contributed by atoms with van der Waals surface area (Å²) in [4.78, 5) is 0. The molecule has 0 radical (unpaired) electrons. The predicted molar refractivity (Wildman–Crippen MR) is 45.5 cm³/mol. The molecule has 1 saturated heterocycles. The number of aromatic nitrogens is 2. The summed E-state index contributed by atoms with van der Waals surface area (Å²) >= 11 is 0. The lowest BCUT2D eigenvalue weighted by Gasteiger charge is -2.21. The van der Waals surface area contributed by atoms with Crippen LogP contribution in [0.5, 0.6) is 0 Å². The Bertz CT molecular complexity index is 264. The number of H-pyrrole nitrogens is 1. The number of ether oxygens (including phenoxy) is 1. The number of hydrogen-bond donors (Lipinski definition) is 1. The van der Waals surface area contributed by atoms with Gasteiger partial charge in [0.15, 0.2) is 5.82 Å². The van der Waals surface area contributed by atoms with Crippen LogP contribution in [0.4, 0.5) is 5.82 Å². The third-order valence-electron chi connectivity index (χ3n) is 1.75. The van der Waals surface area contributed by atoms with E-state index in [9.17, 15) is 0 Å². The first-order chi connectivity index (χ1) is 6.45. The summed E-state index contributed by atoms with van der Waals surface area (Å²) in [6.07, 6.45) is 1.65. The van der Waals surface area contributed by atoms with Gasteiger partial charge in [0.1, 0.15) is 0 Å². The van der Waals surface area contributed by atoms with Crippen LogP contribution in [0.25, 0.3) is 0 Å². The Labute approximate surface area is 75.6 Å². The first-order valence-electron chi connectivity index (χ1n) is 4.19. The summed E-state index contributed by atoms with van der Waals surface area (Å²) in [5.41, 5.74) is 0. The van der Waals surface area contributed by atoms with Gasteiger partial charge in [0.2, 0.25) is 0 Å². The van der Waals surface area contributed by atoms with Gasteiger partial charge in [0.25, 0.3) is 0 Å². The molecule has 1 aliphatic heterocycles. The Morgan fingerprint density at radius 3 is 3.00 bits per heavy atom. The lowest BCUT2D eigenvalue weighted by atomic mass is 10.5. The Morgan fingerprint density at radius 2 is 2.31 bits per heavy atom. The van der Waals surface area contributed by atoms with Crippen molar-refractivity contribution in [1.29, 1.82) is 0 Å². The van der Waals surface area contributed by atoms with Gasteiger partial charge in [-0.05, 0) is 0 Å². The summed E-state index contributed by atoms with van der Waals surface area (Å²) < 4.78 is 5.17. The lowest BCUT2D eigenvalue weighted by molar-refractivity contribution is 0.0353. The van der Waals surface area contributed by atoms with Crippen LogP contribution in [0.15, 0.2) is 22.6 Å². The van der Waals surface area contributed by atoms with Gasteiger partial charge < -0.3 is 4.74 Å². The molecule has 0 spiro atoms. The van der Waals surface area contributed by atoms with Crippen LogP contribution in [0.2, 0.25) is 0 Å². The highest BCUT2D eigenvalue weighted by atomic mass is 16.5. The van der Waals surface area contributed by atoms with E-state index in [0.29, 0.717) is 5.82 Å². The zero-order valence-corrected chi connectivity index (χ0v) is 7.18. The van der Waals surface area contributed by atoms with Crippen molar-refractivity contribution in [2.75, 3.05) is 26.3 Å². The summed E-state index contributed by atoms with van der Waals surface area (Å²) in [5.74, 6) is 0.673. The van der Waals surface area contributed by atoms with Crippen molar-refractivity contribution in [3.63, 3.8) is 0 Å². The molecule has 0 aromatic carbocycles. The molecule has 1 aliphatic rings. The van der Waals surface area contributed by atoms with Crippen molar-refractivity contribution >= 4 is 5.82 Å². The quantitative estimate of drug-likeness (QED) is 0.684. The summed E-state index contributed by atoms with van der Waals surface area (Å²) in [6.45, 7) is 3.05. The third kappa shape index (κ3) is 2.25. The fourth-order valence-electron chi connectivity index (χ4n) is 1.06. The van der Waals surface area contributed by atoms with E-state index >= 15 is 0 Å². The number of nitrogens with one attached hydrogen (secondary N) is 1. The topological polar surface area (TPSA) is 65.9 Å². The lowest BCUT2D eigenvalue weighted by Crippen LogP contribution is -2.31. The van der Waals surface area contributed by atoms with Crippen LogP contribution in [0.1, 0.15) is 0 Å². The average molecular weight is 181 g/mol. The van der Waals surface area contributed by atoms with Gasteiger partial charge >= 0.3 is 0 Å². The molecule has 70 valence electrons. The summed E-state index contributed by atoms with van der Waals surface area (Å²) in [6, 6.07) is 1.77. The zero-order chi connectivity index (χ0) is 8.93. The third-order valence-corrected chi connectivity index (χ3v) is 1.75. The molecule has 1 N–H and O–H groups in total. The molecule has 2 rings (SSSR count). The first-order valence-corrected chi connectivity index (χ1v) is 4.19. The fraction of sp³-hybridized carbons (Fsp3) is 0.571. The number of morpholine rings is 1. The molecule has 6 heteroatoms. The molecular formula is C7H11N5O. The van der Waals surface area contributed by atoms with E-state index in [4.69, 9.17) is 4.74 Å². The maximum Gasteiger partial charge on any atom is 0.172 e. The smallest absolute Gasteiger partial charge is 0.172 e. The van der Waals surface area contributed by atoms with E-state index < -0.39 is 0 Å². The number of nitrogens with zero attached hydrogens (tertiary/aromatic N) is 4. The van der Waals surface area contributed by atoms with Crippen LogP contribution in [-0.2, 0) is 4.74 Å². The molecular weight excluding hydrogens is 170 g/mol. The summed E-state index contributed by atoms with van der Waals surface area (Å²) in [7, 11) is 0. The van der Waals surface area contributed by atoms with Crippen LogP contribution in [-0.4, -0.2) is 41.5 Å². The van der Waals surface area contributed by atoms with E-state index in [1.165, 1.54) is 0 Å². The maximum absolute atomic E-state index is 5.17. The monoisotopic (exact) mass is 181 g/mol. The molecule has 13 heavy (non-hydrogen) atoms. The van der Waals surface area contributed by atoms with E-state index in [0.717, 1.165) is 26.3 Å². The molecule has 0 unspecified atom stereocenters. The van der Waals surface area contributed by atoms with Gasteiger partial charge in [0.05, 0.1) is 32.5 Å². The second-order valence-electron chi connectivity index (χ2n) is 2.70. The minimum Gasteiger partial charge on any atom is -0.378 e. The second kappa shape index (κ2) is 3.99. The van der Waals surface area contributed by atoms with Crippen LogP contribution >= 0.6 is 0 Å². The minimum atomic E-state index is 0.673. The van der Waals surface area contributed by atoms with Gasteiger partial charge in [-0.15, -0.1) is 5.11 Å². The molecule has 6 nitrogen and oxygen atoms in total. The average Bonchev–Trinajstić information content (AvgIpc) is 2.69. The fourth-order valence-corrected chi connectivity index (χ4v) is 1.06. The molecule has 1 aromatic heterocycles.